The second-order valence-electron chi connectivity index (χ2n) is 4.88. The summed E-state index contributed by atoms with van der Waals surface area (Å²) < 4.78 is 18.5. The molecule has 1 aromatic heterocycles. The summed E-state index contributed by atoms with van der Waals surface area (Å²) in [7, 11) is 0. The molecule has 0 radical (unpaired) electrons. The molecule has 2 rings (SSSR count). The van der Waals surface area contributed by atoms with Gasteiger partial charge in [-0.05, 0) is 31.5 Å². The molecule has 2 aromatic rings. The van der Waals surface area contributed by atoms with E-state index in [2.05, 4.69) is 5.32 Å². The molecule has 1 unspecified atom stereocenters. The molecule has 0 saturated carbocycles. The van der Waals surface area contributed by atoms with Crippen molar-refractivity contribution in [3.63, 3.8) is 0 Å². The van der Waals surface area contributed by atoms with Crippen molar-refractivity contribution in [1.29, 1.82) is 0 Å². The Morgan fingerprint density at radius 2 is 2.10 bits per heavy atom. The van der Waals surface area contributed by atoms with Crippen molar-refractivity contribution in [2.45, 2.75) is 32.7 Å². The van der Waals surface area contributed by atoms with Crippen LogP contribution in [0.25, 0.3) is 0 Å². The number of aromatic hydroxyl groups is 1. The van der Waals surface area contributed by atoms with E-state index in [0.717, 1.165) is 42.5 Å². The van der Waals surface area contributed by atoms with Crippen LogP contribution in [0.1, 0.15) is 36.5 Å². The van der Waals surface area contributed by atoms with Crippen molar-refractivity contribution in [2.75, 3.05) is 6.54 Å². The number of hydrogen-bond donors (Lipinski definition) is 2. The highest BCUT2D eigenvalue weighted by Gasteiger charge is 2.13. The van der Waals surface area contributed by atoms with Crippen LogP contribution in [-0.4, -0.2) is 11.7 Å². The Morgan fingerprint density at radius 1 is 1.30 bits per heavy atom. The molecule has 0 spiro atoms. The molecule has 108 valence electrons. The number of rotatable bonds is 6. The molecular weight excluding hydrogens is 257 g/mol. The van der Waals surface area contributed by atoms with Crippen molar-refractivity contribution in [3.05, 3.63) is 53.2 Å². The van der Waals surface area contributed by atoms with Crippen molar-refractivity contribution in [3.8, 4) is 5.75 Å². The van der Waals surface area contributed by atoms with E-state index in [9.17, 15) is 9.50 Å². The van der Waals surface area contributed by atoms with E-state index in [1.54, 1.807) is 6.07 Å². The van der Waals surface area contributed by atoms with Gasteiger partial charge in [-0.15, -0.1) is 0 Å². The fraction of sp³-hybridized carbons (Fsp3) is 0.375. The number of hydrogen-bond acceptors (Lipinski definition) is 3. The molecule has 0 fully saturated rings. The SMILES string of the molecule is CCC(NCCc1ccc(C)o1)c1ccc(F)cc1O. The van der Waals surface area contributed by atoms with E-state index < -0.39 is 5.82 Å². The first-order chi connectivity index (χ1) is 9.60. The van der Waals surface area contributed by atoms with Crippen molar-refractivity contribution >= 4 is 0 Å². The minimum atomic E-state index is -0.424. The van der Waals surface area contributed by atoms with Gasteiger partial charge in [0.2, 0.25) is 0 Å². The molecule has 0 aliphatic carbocycles. The van der Waals surface area contributed by atoms with Gasteiger partial charge >= 0.3 is 0 Å². The van der Waals surface area contributed by atoms with E-state index in [1.807, 2.05) is 26.0 Å². The third kappa shape index (κ3) is 3.61. The van der Waals surface area contributed by atoms with E-state index in [-0.39, 0.29) is 11.8 Å². The van der Waals surface area contributed by atoms with Gasteiger partial charge in [0, 0.05) is 30.6 Å². The lowest BCUT2D eigenvalue weighted by molar-refractivity contribution is 0.429. The number of phenolic OH excluding ortho intramolecular Hbond substituents is 1. The normalized spacial score (nSPS) is 12.6. The lowest BCUT2D eigenvalue weighted by atomic mass is 10.0. The number of halogens is 1. The molecule has 0 saturated heterocycles. The van der Waals surface area contributed by atoms with Crippen molar-refractivity contribution in [1.82, 2.24) is 5.32 Å². The summed E-state index contributed by atoms with van der Waals surface area (Å²) in [6, 6.07) is 8.06. The quantitative estimate of drug-likeness (QED) is 0.846. The van der Waals surface area contributed by atoms with Crippen LogP contribution in [0.3, 0.4) is 0 Å². The van der Waals surface area contributed by atoms with Gasteiger partial charge in [0.15, 0.2) is 0 Å². The fourth-order valence-corrected chi connectivity index (χ4v) is 2.27. The van der Waals surface area contributed by atoms with Crippen LogP contribution in [0.2, 0.25) is 0 Å². The first-order valence-electron chi connectivity index (χ1n) is 6.87. The minimum absolute atomic E-state index is 0.00167. The van der Waals surface area contributed by atoms with Gasteiger partial charge < -0.3 is 14.8 Å². The summed E-state index contributed by atoms with van der Waals surface area (Å²) in [6.07, 6.45) is 1.60. The molecule has 3 nitrogen and oxygen atoms in total. The first kappa shape index (κ1) is 14.6. The highest BCUT2D eigenvalue weighted by Crippen LogP contribution is 2.26. The van der Waals surface area contributed by atoms with Crippen LogP contribution in [0.15, 0.2) is 34.7 Å². The summed E-state index contributed by atoms with van der Waals surface area (Å²) in [5.41, 5.74) is 0.726. The zero-order chi connectivity index (χ0) is 14.5. The van der Waals surface area contributed by atoms with Crippen LogP contribution in [0.5, 0.6) is 5.75 Å². The first-order valence-corrected chi connectivity index (χ1v) is 6.87. The maximum absolute atomic E-state index is 13.0. The third-order valence-electron chi connectivity index (χ3n) is 3.33. The lowest BCUT2D eigenvalue weighted by Crippen LogP contribution is -2.23. The molecule has 20 heavy (non-hydrogen) atoms. The predicted molar refractivity (Wildman–Crippen MR) is 76.2 cm³/mol. The molecule has 1 atom stereocenters. The number of aryl methyl sites for hydroxylation is 1. The number of benzene rings is 1. The molecule has 0 bridgehead atoms. The Bertz CT molecular complexity index is 565. The molecule has 4 heteroatoms. The van der Waals surface area contributed by atoms with Crippen LogP contribution in [0.4, 0.5) is 4.39 Å². The summed E-state index contributed by atoms with van der Waals surface area (Å²) >= 11 is 0. The van der Waals surface area contributed by atoms with E-state index in [0.29, 0.717) is 0 Å². The third-order valence-corrected chi connectivity index (χ3v) is 3.33. The topological polar surface area (TPSA) is 45.4 Å². The number of phenols is 1. The average molecular weight is 277 g/mol. The summed E-state index contributed by atoms with van der Waals surface area (Å²) in [6.45, 7) is 4.68. The predicted octanol–water partition coefficient (Wildman–Crippen LogP) is 3.72. The maximum atomic E-state index is 13.0. The Kier molecular flexibility index (Phi) is 4.79. The van der Waals surface area contributed by atoms with Gasteiger partial charge in [0.1, 0.15) is 23.1 Å². The van der Waals surface area contributed by atoms with Gasteiger partial charge in [-0.3, -0.25) is 0 Å². The van der Waals surface area contributed by atoms with Crippen LogP contribution in [0, 0.1) is 12.7 Å². The highest BCUT2D eigenvalue weighted by atomic mass is 19.1. The monoisotopic (exact) mass is 277 g/mol. The smallest absolute Gasteiger partial charge is 0.126 e. The molecule has 2 N–H and O–H groups in total. The van der Waals surface area contributed by atoms with Crippen LogP contribution in [-0.2, 0) is 6.42 Å². The summed E-state index contributed by atoms with van der Waals surface area (Å²) in [5.74, 6) is 1.42. The maximum Gasteiger partial charge on any atom is 0.126 e. The number of furan rings is 1. The van der Waals surface area contributed by atoms with Gasteiger partial charge in [-0.25, -0.2) is 4.39 Å². The molecule has 1 aromatic carbocycles. The second kappa shape index (κ2) is 6.57. The Balaban J connectivity index is 1.95. The minimum Gasteiger partial charge on any atom is -0.508 e. The average Bonchev–Trinajstić information content (AvgIpc) is 2.81. The van der Waals surface area contributed by atoms with Crippen molar-refractivity contribution < 1.29 is 13.9 Å². The second-order valence-corrected chi connectivity index (χ2v) is 4.88. The van der Waals surface area contributed by atoms with Gasteiger partial charge in [0.05, 0.1) is 0 Å². The molecule has 1 heterocycles. The van der Waals surface area contributed by atoms with Gasteiger partial charge in [-0.1, -0.05) is 13.0 Å². The fourth-order valence-electron chi connectivity index (χ4n) is 2.27. The Labute approximate surface area is 118 Å². The van der Waals surface area contributed by atoms with Crippen LogP contribution < -0.4 is 5.32 Å². The summed E-state index contributed by atoms with van der Waals surface area (Å²) in [4.78, 5) is 0. The molecule has 0 amide bonds. The molecule has 0 aliphatic rings. The van der Waals surface area contributed by atoms with E-state index in [1.165, 1.54) is 6.07 Å². The zero-order valence-corrected chi connectivity index (χ0v) is 11.8. The standard InChI is InChI=1S/C16H20FNO2/c1-3-15(14-7-5-12(17)10-16(14)19)18-9-8-13-6-4-11(2)20-13/h4-7,10,15,18-19H,3,8-9H2,1-2H3. The number of nitrogens with one attached hydrogen (secondary N) is 1. The Morgan fingerprint density at radius 3 is 2.70 bits per heavy atom. The Hall–Kier alpha value is -1.81. The van der Waals surface area contributed by atoms with E-state index in [4.69, 9.17) is 4.42 Å². The largest absolute Gasteiger partial charge is 0.508 e. The van der Waals surface area contributed by atoms with Gasteiger partial charge in [-0.2, -0.15) is 0 Å². The summed E-state index contributed by atoms with van der Waals surface area (Å²) in [5, 5.41) is 13.2. The lowest BCUT2D eigenvalue weighted by Gasteiger charge is -2.18. The van der Waals surface area contributed by atoms with Crippen LogP contribution >= 0.6 is 0 Å². The zero-order valence-electron chi connectivity index (χ0n) is 11.8. The van der Waals surface area contributed by atoms with Gasteiger partial charge in [0.25, 0.3) is 0 Å². The van der Waals surface area contributed by atoms with E-state index >= 15 is 0 Å². The van der Waals surface area contributed by atoms with Crippen molar-refractivity contribution in [2.24, 2.45) is 0 Å². The molecular formula is C16H20FNO2. The highest BCUT2D eigenvalue weighted by molar-refractivity contribution is 5.35. The molecule has 0 aliphatic heterocycles.